The van der Waals surface area contributed by atoms with E-state index >= 15 is 0 Å². The number of aryl methyl sites for hydroxylation is 1. The van der Waals surface area contributed by atoms with Crippen LogP contribution in [0.3, 0.4) is 0 Å². The molecule has 1 fully saturated rings. The van der Waals surface area contributed by atoms with E-state index in [-0.39, 0.29) is 11.9 Å². The van der Waals surface area contributed by atoms with Crippen molar-refractivity contribution in [2.45, 2.75) is 26.3 Å². The Labute approximate surface area is 124 Å². The van der Waals surface area contributed by atoms with E-state index in [1.54, 1.807) is 7.05 Å². The van der Waals surface area contributed by atoms with E-state index in [0.29, 0.717) is 6.54 Å². The zero-order valence-electron chi connectivity index (χ0n) is 12.8. The number of carbonyl (C=O) groups is 1. The molecule has 0 unspecified atom stereocenters. The lowest BCUT2D eigenvalue weighted by Gasteiger charge is -2.33. The SMILES string of the molecule is CN=C(NCc1cc(C)no1)N1CCC(C(=O)OC)CC1. The number of piperidine rings is 1. The molecule has 1 aliphatic rings. The van der Waals surface area contributed by atoms with Crippen molar-refractivity contribution >= 4 is 11.9 Å². The van der Waals surface area contributed by atoms with E-state index < -0.39 is 0 Å². The van der Waals surface area contributed by atoms with Crippen LogP contribution in [0.5, 0.6) is 0 Å². The van der Waals surface area contributed by atoms with Crippen LogP contribution in [0.25, 0.3) is 0 Å². The van der Waals surface area contributed by atoms with Crippen molar-refractivity contribution in [3.8, 4) is 0 Å². The summed E-state index contributed by atoms with van der Waals surface area (Å²) in [7, 11) is 3.19. The molecule has 0 amide bonds. The third kappa shape index (κ3) is 3.96. The summed E-state index contributed by atoms with van der Waals surface area (Å²) in [4.78, 5) is 17.9. The highest BCUT2D eigenvalue weighted by Gasteiger charge is 2.26. The summed E-state index contributed by atoms with van der Waals surface area (Å²) in [6.45, 7) is 4.01. The Hall–Kier alpha value is -2.05. The summed E-state index contributed by atoms with van der Waals surface area (Å²) < 4.78 is 9.96. The third-order valence-electron chi connectivity index (χ3n) is 3.64. The third-order valence-corrected chi connectivity index (χ3v) is 3.64. The molecule has 2 heterocycles. The summed E-state index contributed by atoms with van der Waals surface area (Å²) in [6.07, 6.45) is 1.57. The minimum atomic E-state index is -0.116. The average molecular weight is 294 g/mol. The van der Waals surface area contributed by atoms with Crippen molar-refractivity contribution in [2.75, 3.05) is 27.2 Å². The quantitative estimate of drug-likeness (QED) is 0.508. The van der Waals surface area contributed by atoms with Crippen LogP contribution in [0.1, 0.15) is 24.3 Å². The van der Waals surface area contributed by atoms with Crippen molar-refractivity contribution in [2.24, 2.45) is 10.9 Å². The Kier molecular flexibility index (Phi) is 5.19. The molecule has 116 valence electrons. The zero-order valence-corrected chi connectivity index (χ0v) is 12.8. The van der Waals surface area contributed by atoms with Crippen molar-refractivity contribution in [3.63, 3.8) is 0 Å². The number of nitrogens with zero attached hydrogens (tertiary/aromatic N) is 3. The van der Waals surface area contributed by atoms with E-state index in [1.165, 1.54) is 7.11 Å². The Morgan fingerprint density at radius 2 is 2.29 bits per heavy atom. The largest absolute Gasteiger partial charge is 0.469 e. The Morgan fingerprint density at radius 3 is 2.81 bits per heavy atom. The first-order chi connectivity index (χ1) is 10.1. The summed E-state index contributed by atoms with van der Waals surface area (Å²) >= 11 is 0. The predicted molar refractivity (Wildman–Crippen MR) is 77.8 cm³/mol. The van der Waals surface area contributed by atoms with Crippen LogP contribution in [-0.2, 0) is 16.1 Å². The van der Waals surface area contributed by atoms with Gasteiger partial charge in [-0.1, -0.05) is 5.16 Å². The number of hydrogen-bond donors (Lipinski definition) is 1. The van der Waals surface area contributed by atoms with Gasteiger partial charge in [-0.15, -0.1) is 0 Å². The maximum atomic E-state index is 11.5. The number of aliphatic imine (C=N–C) groups is 1. The van der Waals surface area contributed by atoms with Gasteiger partial charge < -0.3 is 19.5 Å². The number of likely N-dealkylation sites (tertiary alicyclic amines) is 1. The molecule has 0 spiro atoms. The van der Waals surface area contributed by atoms with E-state index in [9.17, 15) is 4.79 Å². The Bertz CT molecular complexity index is 504. The molecule has 1 aromatic rings. The molecule has 2 rings (SSSR count). The normalized spacial score (nSPS) is 16.9. The molecule has 0 radical (unpaired) electrons. The maximum absolute atomic E-state index is 11.5. The predicted octanol–water partition coefficient (Wildman–Crippen LogP) is 0.943. The van der Waals surface area contributed by atoms with Gasteiger partial charge in [0.05, 0.1) is 25.3 Å². The first-order valence-corrected chi connectivity index (χ1v) is 7.09. The number of hydrogen-bond acceptors (Lipinski definition) is 5. The molecule has 1 aromatic heterocycles. The number of esters is 1. The van der Waals surface area contributed by atoms with Gasteiger partial charge in [0.25, 0.3) is 0 Å². The molecule has 1 N–H and O–H groups in total. The van der Waals surface area contributed by atoms with Crippen LogP contribution in [0.4, 0.5) is 0 Å². The lowest BCUT2D eigenvalue weighted by molar-refractivity contribution is -0.146. The van der Waals surface area contributed by atoms with Gasteiger partial charge in [-0.2, -0.15) is 0 Å². The second-order valence-corrected chi connectivity index (χ2v) is 5.12. The van der Waals surface area contributed by atoms with Gasteiger partial charge in [-0.3, -0.25) is 9.79 Å². The molecule has 0 atom stereocenters. The number of guanidine groups is 1. The number of aromatic nitrogens is 1. The van der Waals surface area contributed by atoms with Crippen LogP contribution in [-0.4, -0.2) is 49.2 Å². The van der Waals surface area contributed by atoms with E-state index in [1.807, 2.05) is 13.0 Å². The van der Waals surface area contributed by atoms with E-state index in [0.717, 1.165) is 43.3 Å². The molecule has 21 heavy (non-hydrogen) atoms. The molecular formula is C14H22N4O3. The smallest absolute Gasteiger partial charge is 0.308 e. The lowest BCUT2D eigenvalue weighted by atomic mass is 9.97. The summed E-state index contributed by atoms with van der Waals surface area (Å²) in [5, 5.41) is 7.10. The highest BCUT2D eigenvalue weighted by atomic mass is 16.5. The molecule has 0 saturated carbocycles. The molecule has 0 aliphatic carbocycles. The van der Waals surface area contributed by atoms with Gasteiger partial charge in [-0.25, -0.2) is 0 Å². The number of carbonyl (C=O) groups excluding carboxylic acids is 1. The van der Waals surface area contributed by atoms with Gasteiger partial charge in [-0.05, 0) is 19.8 Å². The van der Waals surface area contributed by atoms with Crippen LogP contribution >= 0.6 is 0 Å². The second-order valence-electron chi connectivity index (χ2n) is 5.12. The fourth-order valence-electron chi connectivity index (χ4n) is 2.49. The van der Waals surface area contributed by atoms with Crippen molar-refractivity contribution in [3.05, 3.63) is 17.5 Å². The minimum absolute atomic E-state index is 0.00118. The first-order valence-electron chi connectivity index (χ1n) is 7.09. The van der Waals surface area contributed by atoms with Crippen molar-refractivity contribution < 1.29 is 14.1 Å². The highest BCUT2D eigenvalue weighted by Crippen LogP contribution is 2.18. The van der Waals surface area contributed by atoms with Gasteiger partial charge in [0, 0.05) is 26.2 Å². The zero-order chi connectivity index (χ0) is 15.2. The average Bonchev–Trinajstić information content (AvgIpc) is 2.93. The standard InChI is InChI=1S/C14H22N4O3/c1-10-8-12(21-17-10)9-16-14(15-2)18-6-4-11(5-7-18)13(19)20-3/h8,11H,4-7,9H2,1-3H3,(H,15,16). The number of methoxy groups -OCH3 is 1. The first kappa shape index (κ1) is 15.3. The molecule has 0 bridgehead atoms. The van der Waals surface area contributed by atoms with Crippen molar-refractivity contribution in [1.29, 1.82) is 0 Å². The molecule has 7 heteroatoms. The molecular weight excluding hydrogens is 272 g/mol. The fourth-order valence-corrected chi connectivity index (χ4v) is 2.49. The lowest BCUT2D eigenvalue weighted by Crippen LogP contribution is -2.46. The number of nitrogens with one attached hydrogen (secondary N) is 1. The molecule has 7 nitrogen and oxygen atoms in total. The van der Waals surface area contributed by atoms with Gasteiger partial charge in [0.1, 0.15) is 0 Å². The van der Waals surface area contributed by atoms with Crippen LogP contribution in [0, 0.1) is 12.8 Å². The molecule has 0 aromatic carbocycles. The van der Waals surface area contributed by atoms with Crippen molar-refractivity contribution in [1.82, 2.24) is 15.4 Å². The fraction of sp³-hybridized carbons (Fsp3) is 0.643. The maximum Gasteiger partial charge on any atom is 0.308 e. The van der Waals surface area contributed by atoms with E-state index in [4.69, 9.17) is 9.26 Å². The van der Waals surface area contributed by atoms with Crippen LogP contribution in [0.15, 0.2) is 15.6 Å². The monoisotopic (exact) mass is 294 g/mol. The van der Waals surface area contributed by atoms with Crippen LogP contribution < -0.4 is 5.32 Å². The minimum Gasteiger partial charge on any atom is -0.469 e. The summed E-state index contributed by atoms with van der Waals surface area (Å²) in [6, 6.07) is 1.89. The number of rotatable bonds is 3. The topological polar surface area (TPSA) is 80.0 Å². The second kappa shape index (κ2) is 7.10. The van der Waals surface area contributed by atoms with Gasteiger partial charge in [0.15, 0.2) is 11.7 Å². The van der Waals surface area contributed by atoms with Gasteiger partial charge in [0.2, 0.25) is 0 Å². The number of ether oxygens (including phenoxy) is 1. The summed E-state index contributed by atoms with van der Waals surface area (Å²) in [5.74, 6) is 1.47. The van der Waals surface area contributed by atoms with Gasteiger partial charge >= 0.3 is 5.97 Å². The highest BCUT2D eigenvalue weighted by molar-refractivity contribution is 5.80. The van der Waals surface area contributed by atoms with Crippen LogP contribution in [0.2, 0.25) is 0 Å². The molecule has 1 aliphatic heterocycles. The van der Waals surface area contributed by atoms with E-state index in [2.05, 4.69) is 20.4 Å². The molecule has 1 saturated heterocycles. The summed E-state index contributed by atoms with van der Waals surface area (Å²) in [5.41, 5.74) is 0.862. The Balaban J connectivity index is 1.84. The Morgan fingerprint density at radius 1 is 1.57 bits per heavy atom.